The standard InChI is InChI=1S/C12H20N2O5/c1-18-9-6-13(7-10(9)19-2)12(17)14-5-3-4-8(14)11(15)16/h8-10H,3-7H2,1-2H3,(H,15,16)/t8-,9?,10?/m1/s1. The fourth-order valence-corrected chi connectivity index (χ4v) is 2.79. The Morgan fingerprint density at radius 2 is 1.74 bits per heavy atom. The Hall–Kier alpha value is -1.34. The smallest absolute Gasteiger partial charge is 0.326 e. The molecule has 2 aliphatic heterocycles. The van der Waals surface area contributed by atoms with E-state index >= 15 is 0 Å². The van der Waals surface area contributed by atoms with Crippen LogP contribution in [0.2, 0.25) is 0 Å². The van der Waals surface area contributed by atoms with E-state index < -0.39 is 12.0 Å². The Balaban J connectivity index is 2.02. The lowest BCUT2D eigenvalue weighted by molar-refractivity contribution is -0.141. The number of hydrogen-bond donors (Lipinski definition) is 1. The average Bonchev–Trinajstić information content (AvgIpc) is 3.03. The van der Waals surface area contributed by atoms with Crippen LogP contribution in [0.5, 0.6) is 0 Å². The van der Waals surface area contributed by atoms with Crippen LogP contribution in [0.25, 0.3) is 0 Å². The Morgan fingerprint density at radius 1 is 1.16 bits per heavy atom. The van der Waals surface area contributed by atoms with Gasteiger partial charge in [-0.05, 0) is 12.8 Å². The van der Waals surface area contributed by atoms with E-state index in [0.29, 0.717) is 26.1 Å². The molecule has 7 nitrogen and oxygen atoms in total. The zero-order valence-corrected chi connectivity index (χ0v) is 11.2. The molecular formula is C12H20N2O5. The first-order valence-corrected chi connectivity index (χ1v) is 6.42. The second-order valence-corrected chi connectivity index (χ2v) is 4.93. The molecule has 2 saturated heterocycles. The third-order valence-corrected chi connectivity index (χ3v) is 3.87. The van der Waals surface area contributed by atoms with Gasteiger partial charge in [0.25, 0.3) is 0 Å². The molecule has 2 aliphatic rings. The molecule has 108 valence electrons. The molecule has 7 heteroatoms. The van der Waals surface area contributed by atoms with Crippen molar-refractivity contribution >= 4 is 12.0 Å². The zero-order chi connectivity index (χ0) is 14.0. The summed E-state index contributed by atoms with van der Waals surface area (Å²) in [4.78, 5) is 26.5. The molecule has 2 fully saturated rings. The van der Waals surface area contributed by atoms with Gasteiger partial charge in [-0.3, -0.25) is 0 Å². The maximum absolute atomic E-state index is 12.4. The molecular weight excluding hydrogens is 252 g/mol. The lowest BCUT2D eigenvalue weighted by Gasteiger charge is -2.27. The van der Waals surface area contributed by atoms with Gasteiger partial charge in [-0.2, -0.15) is 0 Å². The molecule has 0 saturated carbocycles. The van der Waals surface area contributed by atoms with Gasteiger partial charge >= 0.3 is 12.0 Å². The van der Waals surface area contributed by atoms with Gasteiger partial charge in [-0.15, -0.1) is 0 Å². The summed E-state index contributed by atoms with van der Waals surface area (Å²) in [6, 6.07) is -0.929. The fraction of sp³-hybridized carbons (Fsp3) is 0.833. The molecule has 19 heavy (non-hydrogen) atoms. The highest BCUT2D eigenvalue weighted by atomic mass is 16.5. The molecule has 2 amide bonds. The zero-order valence-electron chi connectivity index (χ0n) is 11.2. The lowest BCUT2D eigenvalue weighted by Crippen LogP contribution is -2.47. The summed E-state index contributed by atoms with van der Waals surface area (Å²) in [6.07, 6.45) is 0.952. The van der Waals surface area contributed by atoms with E-state index in [1.54, 1.807) is 19.1 Å². The highest BCUT2D eigenvalue weighted by molar-refractivity contribution is 5.83. The van der Waals surface area contributed by atoms with Gasteiger partial charge in [0.1, 0.15) is 18.2 Å². The van der Waals surface area contributed by atoms with E-state index in [1.807, 2.05) is 0 Å². The maximum Gasteiger partial charge on any atom is 0.326 e. The number of amides is 2. The summed E-state index contributed by atoms with van der Waals surface area (Å²) in [7, 11) is 3.17. The summed E-state index contributed by atoms with van der Waals surface area (Å²) in [5, 5.41) is 9.11. The van der Waals surface area contributed by atoms with Gasteiger partial charge in [0.15, 0.2) is 0 Å². The number of rotatable bonds is 3. The Morgan fingerprint density at radius 3 is 2.21 bits per heavy atom. The first-order valence-electron chi connectivity index (χ1n) is 6.42. The molecule has 0 radical (unpaired) electrons. The number of carboxylic acid groups (broad SMARTS) is 1. The molecule has 0 aromatic heterocycles. The summed E-state index contributed by atoms with van der Waals surface area (Å²) < 4.78 is 10.6. The Kier molecular flexibility index (Phi) is 4.26. The SMILES string of the molecule is COC1CN(C(=O)N2CCC[C@@H]2C(=O)O)CC1OC. The van der Waals surface area contributed by atoms with Crippen LogP contribution >= 0.6 is 0 Å². The molecule has 0 aromatic carbocycles. The van der Waals surface area contributed by atoms with Gasteiger partial charge in [-0.1, -0.05) is 0 Å². The van der Waals surface area contributed by atoms with Crippen molar-refractivity contribution in [3.8, 4) is 0 Å². The van der Waals surface area contributed by atoms with Crippen LogP contribution < -0.4 is 0 Å². The molecule has 2 heterocycles. The number of carbonyl (C=O) groups is 2. The van der Waals surface area contributed by atoms with Crippen molar-refractivity contribution < 1.29 is 24.2 Å². The van der Waals surface area contributed by atoms with Crippen molar-refractivity contribution in [1.82, 2.24) is 9.80 Å². The van der Waals surface area contributed by atoms with Gasteiger partial charge in [0.05, 0.1) is 13.1 Å². The van der Waals surface area contributed by atoms with Crippen LogP contribution in [-0.2, 0) is 14.3 Å². The number of ether oxygens (including phenoxy) is 2. The quantitative estimate of drug-likeness (QED) is 0.782. The van der Waals surface area contributed by atoms with Crippen molar-refractivity contribution in [3.05, 3.63) is 0 Å². The first-order chi connectivity index (χ1) is 9.08. The fourth-order valence-electron chi connectivity index (χ4n) is 2.79. The van der Waals surface area contributed by atoms with E-state index in [2.05, 4.69) is 0 Å². The third kappa shape index (κ3) is 2.66. The lowest BCUT2D eigenvalue weighted by atomic mass is 10.2. The van der Waals surface area contributed by atoms with Gasteiger partial charge in [-0.25, -0.2) is 9.59 Å². The summed E-state index contributed by atoms with van der Waals surface area (Å²) in [5.74, 6) is -0.934. The molecule has 3 atom stereocenters. The van der Waals surface area contributed by atoms with E-state index in [9.17, 15) is 9.59 Å². The van der Waals surface area contributed by atoms with Crippen molar-refractivity contribution in [3.63, 3.8) is 0 Å². The predicted molar refractivity (Wildman–Crippen MR) is 65.9 cm³/mol. The number of nitrogens with zero attached hydrogens (tertiary/aromatic N) is 2. The molecule has 1 N–H and O–H groups in total. The number of urea groups is 1. The number of methoxy groups -OCH3 is 2. The minimum Gasteiger partial charge on any atom is -0.480 e. The van der Waals surface area contributed by atoms with Gasteiger partial charge < -0.3 is 24.4 Å². The predicted octanol–water partition coefficient (Wildman–Crippen LogP) is 0.00100. The second-order valence-electron chi connectivity index (χ2n) is 4.93. The summed E-state index contributed by atoms with van der Waals surface area (Å²) >= 11 is 0. The van der Waals surface area contributed by atoms with Crippen LogP contribution in [0.4, 0.5) is 4.79 Å². The third-order valence-electron chi connectivity index (χ3n) is 3.87. The molecule has 2 rings (SSSR count). The van der Waals surface area contributed by atoms with Crippen molar-refractivity contribution in [2.75, 3.05) is 33.9 Å². The van der Waals surface area contributed by atoms with Crippen molar-refractivity contribution in [2.45, 2.75) is 31.1 Å². The average molecular weight is 272 g/mol. The number of carboxylic acids is 1. The van der Waals surface area contributed by atoms with Gasteiger partial charge in [0.2, 0.25) is 0 Å². The Bertz CT molecular complexity index is 350. The first kappa shape index (κ1) is 14.1. The molecule has 0 aromatic rings. The molecule has 0 spiro atoms. The van der Waals surface area contributed by atoms with Crippen molar-refractivity contribution in [2.24, 2.45) is 0 Å². The van der Waals surface area contributed by atoms with E-state index in [4.69, 9.17) is 14.6 Å². The number of likely N-dealkylation sites (tertiary alicyclic amines) is 2. The summed E-state index contributed by atoms with van der Waals surface area (Å²) in [5.41, 5.74) is 0. The number of aliphatic carboxylic acids is 1. The largest absolute Gasteiger partial charge is 0.480 e. The minimum absolute atomic E-state index is 0.153. The molecule has 0 bridgehead atoms. The molecule has 2 unspecified atom stereocenters. The van der Waals surface area contributed by atoms with Crippen LogP contribution in [0.1, 0.15) is 12.8 Å². The number of carbonyl (C=O) groups excluding carboxylic acids is 1. The normalized spacial score (nSPS) is 30.9. The maximum atomic E-state index is 12.4. The highest BCUT2D eigenvalue weighted by Gasteiger charge is 2.41. The monoisotopic (exact) mass is 272 g/mol. The summed E-state index contributed by atoms with van der Waals surface area (Å²) in [6.45, 7) is 1.38. The van der Waals surface area contributed by atoms with E-state index in [0.717, 1.165) is 6.42 Å². The minimum atomic E-state index is -0.934. The second kappa shape index (κ2) is 5.75. The van der Waals surface area contributed by atoms with Crippen molar-refractivity contribution in [1.29, 1.82) is 0 Å². The Labute approximate surface area is 112 Å². The van der Waals surface area contributed by atoms with Gasteiger partial charge in [0, 0.05) is 20.8 Å². The van der Waals surface area contributed by atoms with Crippen LogP contribution in [0.3, 0.4) is 0 Å². The van der Waals surface area contributed by atoms with E-state index in [-0.39, 0.29) is 18.2 Å². The van der Waals surface area contributed by atoms with Crippen LogP contribution in [0, 0.1) is 0 Å². The number of hydrogen-bond acceptors (Lipinski definition) is 4. The van der Waals surface area contributed by atoms with Crippen LogP contribution in [-0.4, -0.2) is 79.0 Å². The molecule has 0 aliphatic carbocycles. The highest BCUT2D eigenvalue weighted by Crippen LogP contribution is 2.23. The van der Waals surface area contributed by atoms with E-state index in [1.165, 1.54) is 4.90 Å². The van der Waals surface area contributed by atoms with Crippen LogP contribution in [0.15, 0.2) is 0 Å². The topological polar surface area (TPSA) is 79.3 Å².